The molecule has 0 saturated carbocycles. The van der Waals surface area contributed by atoms with Crippen LogP contribution in [0, 0.1) is 0 Å². The molecule has 0 atom stereocenters. The Balaban J connectivity index is 1.80. The highest BCUT2D eigenvalue weighted by molar-refractivity contribution is 9.10. The molecule has 1 aliphatic heterocycles. The van der Waals surface area contributed by atoms with Crippen molar-refractivity contribution in [1.82, 2.24) is 4.90 Å². The summed E-state index contributed by atoms with van der Waals surface area (Å²) >= 11 is 3.42. The van der Waals surface area contributed by atoms with Crippen LogP contribution in [0.2, 0.25) is 0 Å². The van der Waals surface area contributed by atoms with Gasteiger partial charge in [0.1, 0.15) is 0 Å². The van der Waals surface area contributed by atoms with Crippen LogP contribution in [0.3, 0.4) is 0 Å². The minimum Gasteiger partial charge on any atom is -0.450 e. The van der Waals surface area contributed by atoms with E-state index < -0.39 is 0 Å². The summed E-state index contributed by atoms with van der Waals surface area (Å²) in [6.45, 7) is 3.79. The third-order valence-corrected chi connectivity index (χ3v) is 3.76. The van der Waals surface area contributed by atoms with Gasteiger partial charge in [0, 0.05) is 29.3 Å². The van der Waals surface area contributed by atoms with Crippen molar-refractivity contribution in [1.29, 1.82) is 0 Å². The predicted molar refractivity (Wildman–Crippen MR) is 79.4 cm³/mol. The van der Waals surface area contributed by atoms with Gasteiger partial charge in [-0.15, -0.1) is 0 Å². The highest BCUT2D eigenvalue weighted by Crippen LogP contribution is 2.19. The number of ether oxygens (including phenoxy) is 1. The number of benzene rings is 1. The van der Waals surface area contributed by atoms with E-state index in [0.29, 0.717) is 12.6 Å². The Morgan fingerprint density at radius 2 is 2.00 bits per heavy atom. The number of likely N-dealkylation sites (tertiary alicyclic amines) is 1. The zero-order valence-corrected chi connectivity index (χ0v) is 12.6. The number of hydrogen-bond donors (Lipinski definition) is 1. The van der Waals surface area contributed by atoms with Crippen LogP contribution in [0.4, 0.5) is 10.5 Å². The quantitative estimate of drug-likeness (QED) is 0.924. The van der Waals surface area contributed by atoms with Crippen molar-refractivity contribution >= 4 is 27.7 Å². The molecule has 1 aromatic rings. The summed E-state index contributed by atoms with van der Waals surface area (Å²) in [6.07, 6.45) is 1.72. The number of nitrogens with one attached hydrogen (secondary N) is 1. The molecule has 104 valence electrons. The maximum atomic E-state index is 11.6. The van der Waals surface area contributed by atoms with Crippen LogP contribution in [-0.4, -0.2) is 36.7 Å². The van der Waals surface area contributed by atoms with Crippen molar-refractivity contribution in [2.75, 3.05) is 25.0 Å². The Hall–Kier alpha value is -1.23. The van der Waals surface area contributed by atoms with Gasteiger partial charge >= 0.3 is 6.09 Å². The average Bonchev–Trinajstić information content (AvgIpc) is 2.42. The molecular formula is C14H19BrN2O2. The molecule has 0 unspecified atom stereocenters. The fourth-order valence-corrected chi connectivity index (χ4v) is 2.47. The Bertz CT molecular complexity index is 414. The normalized spacial score (nSPS) is 16.2. The van der Waals surface area contributed by atoms with Crippen LogP contribution in [0.25, 0.3) is 0 Å². The minimum absolute atomic E-state index is 0.190. The lowest BCUT2D eigenvalue weighted by atomic mass is 10.1. The van der Waals surface area contributed by atoms with Gasteiger partial charge < -0.3 is 15.0 Å². The Morgan fingerprint density at radius 1 is 1.37 bits per heavy atom. The van der Waals surface area contributed by atoms with Crippen molar-refractivity contribution in [3.05, 3.63) is 28.7 Å². The standard InChI is InChI=1S/C14H19BrN2O2/c1-2-19-14(18)17-9-7-13(8-10-17)16-12-5-3-11(15)4-6-12/h3-6,13,16H,2,7-10H2,1H3. The maximum absolute atomic E-state index is 11.6. The lowest BCUT2D eigenvalue weighted by Gasteiger charge is -2.32. The Kier molecular flexibility index (Phi) is 5.07. The molecule has 0 bridgehead atoms. The fourth-order valence-electron chi connectivity index (χ4n) is 2.20. The number of rotatable bonds is 3. The second kappa shape index (κ2) is 6.80. The molecule has 5 heteroatoms. The molecule has 1 fully saturated rings. The lowest BCUT2D eigenvalue weighted by Crippen LogP contribution is -2.42. The van der Waals surface area contributed by atoms with Gasteiger partial charge in [0.25, 0.3) is 0 Å². The molecule has 1 saturated heterocycles. The van der Waals surface area contributed by atoms with E-state index in [1.165, 1.54) is 0 Å². The highest BCUT2D eigenvalue weighted by Gasteiger charge is 2.23. The number of carbonyl (C=O) groups is 1. The summed E-state index contributed by atoms with van der Waals surface area (Å²) in [5, 5.41) is 3.50. The Morgan fingerprint density at radius 3 is 2.58 bits per heavy atom. The summed E-state index contributed by atoms with van der Waals surface area (Å²) in [6, 6.07) is 8.59. The molecule has 0 aliphatic carbocycles. The van der Waals surface area contributed by atoms with Crippen LogP contribution >= 0.6 is 15.9 Å². The number of anilines is 1. The zero-order chi connectivity index (χ0) is 13.7. The zero-order valence-electron chi connectivity index (χ0n) is 11.1. The van der Waals surface area contributed by atoms with Gasteiger partial charge in [0.15, 0.2) is 0 Å². The maximum Gasteiger partial charge on any atom is 0.409 e. The molecule has 4 nitrogen and oxygen atoms in total. The third-order valence-electron chi connectivity index (χ3n) is 3.24. The molecular weight excluding hydrogens is 308 g/mol. The van der Waals surface area contributed by atoms with Gasteiger partial charge in [0.05, 0.1) is 6.61 Å². The van der Waals surface area contributed by atoms with Crippen LogP contribution in [0.1, 0.15) is 19.8 Å². The molecule has 0 aromatic heterocycles. The van der Waals surface area contributed by atoms with E-state index in [-0.39, 0.29) is 6.09 Å². The molecule has 2 rings (SSSR count). The summed E-state index contributed by atoms with van der Waals surface area (Å²) in [7, 11) is 0. The van der Waals surface area contributed by atoms with Crippen molar-refractivity contribution < 1.29 is 9.53 Å². The topological polar surface area (TPSA) is 41.6 Å². The number of amides is 1. The van der Waals surface area contributed by atoms with E-state index in [1.54, 1.807) is 4.90 Å². The first-order valence-corrected chi connectivity index (χ1v) is 7.42. The van der Waals surface area contributed by atoms with E-state index in [1.807, 2.05) is 19.1 Å². The van der Waals surface area contributed by atoms with Crippen LogP contribution in [-0.2, 0) is 4.74 Å². The molecule has 19 heavy (non-hydrogen) atoms. The summed E-state index contributed by atoms with van der Waals surface area (Å²) < 4.78 is 6.09. The first kappa shape index (κ1) is 14.2. The van der Waals surface area contributed by atoms with Crippen molar-refractivity contribution in [2.45, 2.75) is 25.8 Å². The average molecular weight is 327 g/mol. The second-order valence-corrected chi connectivity index (χ2v) is 5.53. The summed E-state index contributed by atoms with van der Waals surface area (Å²) in [4.78, 5) is 13.4. The van der Waals surface area contributed by atoms with Gasteiger partial charge in [-0.2, -0.15) is 0 Å². The van der Waals surface area contributed by atoms with E-state index >= 15 is 0 Å². The van der Waals surface area contributed by atoms with E-state index in [4.69, 9.17) is 4.74 Å². The predicted octanol–water partition coefficient (Wildman–Crippen LogP) is 3.48. The van der Waals surface area contributed by atoms with E-state index in [9.17, 15) is 4.79 Å². The van der Waals surface area contributed by atoms with Gasteiger partial charge in [-0.3, -0.25) is 0 Å². The monoisotopic (exact) mass is 326 g/mol. The van der Waals surface area contributed by atoms with Crippen LogP contribution in [0.5, 0.6) is 0 Å². The van der Waals surface area contributed by atoms with Crippen LogP contribution in [0.15, 0.2) is 28.7 Å². The molecule has 1 amide bonds. The number of carbonyl (C=O) groups excluding carboxylic acids is 1. The van der Waals surface area contributed by atoms with Crippen molar-refractivity contribution in [2.24, 2.45) is 0 Å². The largest absolute Gasteiger partial charge is 0.450 e. The van der Waals surface area contributed by atoms with E-state index in [0.717, 1.165) is 36.1 Å². The minimum atomic E-state index is -0.190. The van der Waals surface area contributed by atoms with Gasteiger partial charge in [-0.05, 0) is 44.0 Å². The number of piperidine rings is 1. The van der Waals surface area contributed by atoms with Gasteiger partial charge in [-0.25, -0.2) is 4.79 Å². The number of nitrogens with zero attached hydrogens (tertiary/aromatic N) is 1. The molecule has 0 spiro atoms. The fraction of sp³-hybridized carbons (Fsp3) is 0.500. The van der Waals surface area contributed by atoms with Gasteiger partial charge in [0.2, 0.25) is 0 Å². The molecule has 1 heterocycles. The summed E-state index contributed by atoms with van der Waals surface area (Å²) in [5.41, 5.74) is 1.12. The molecule has 1 aromatic carbocycles. The smallest absolute Gasteiger partial charge is 0.409 e. The number of halogens is 1. The number of hydrogen-bond acceptors (Lipinski definition) is 3. The molecule has 1 N–H and O–H groups in total. The van der Waals surface area contributed by atoms with Crippen molar-refractivity contribution in [3.8, 4) is 0 Å². The first-order valence-electron chi connectivity index (χ1n) is 6.63. The van der Waals surface area contributed by atoms with Crippen molar-refractivity contribution in [3.63, 3.8) is 0 Å². The molecule has 1 aliphatic rings. The summed E-state index contributed by atoms with van der Waals surface area (Å²) in [5.74, 6) is 0. The SMILES string of the molecule is CCOC(=O)N1CCC(Nc2ccc(Br)cc2)CC1. The lowest BCUT2D eigenvalue weighted by molar-refractivity contribution is 0.0983. The molecule has 0 radical (unpaired) electrons. The van der Waals surface area contributed by atoms with Crippen LogP contribution < -0.4 is 5.32 Å². The van der Waals surface area contributed by atoms with Gasteiger partial charge in [-0.1, -0.05) is 15.9 Å². The Labute approximate surface area is 122 Å². The third kappa shape index (κ3) is 4.13. The second-order valence-electron chi connectivity index (χ2n) is 4.61. The highest BCUT2D eigenvalue weighted by atomic mass is 79.9. The van der Waals surface area contributed by atoms with E-state index in [2.05, 4.69) is 33.4 Å². The first-order chi connectivity index (χ1) is 9.19.